The maximum Gasteiger partial charge on any atom is 0.238 e. The Hall–Kier alpha value is -1.90. The third kappa shape index (κ3) is 6.85. The van der Waals surface area contributed by atoms with E-state index >= 15 is 0 Å². The zero-order valence-corrected chi connectivity index (χ0v) is 15.4. The number of hydrazine groups is 1. The molecule has 1 aliphatic rings. The van der Waals surface area contributed by atoms with Crippen molar-refractivity contribution in [3.8, 4) is 0 Å². The van der Waals surface area contributed by atoms with Gasteiger partial charge in [0.05, 0.1) is 10.7 Å². The van der Waals surface area contributed by atoms with Crippen LogP contribution in [0.3, 0.4) is 0 Å². The van der Waals surface area contributed by atoms with Crippen LogP contribution in [-0.2, 0) is 14.4 Å². The summed E-state index contributed by atoms with van der Waals surface area (Å²) in [6.07, 6.45) is 1.60. The van der Waals surface area contributed by atoms with E-state index in [1.54, 1.807) is 12.1 Å². The number of rotatable bonds is 5. The highest BCUT2D eigenvalue weighted by atomic mass is 35.5. The molecule has 10 heteroatoms. The summed E-state index contributed by atoms with van der Waals surface area (Å²) in [5.41, 5.74) is 5.15. The molecule has 2 rings (SSSR count). The molecule has 0 bridgehead atoms. The molecule has 1 fully saturated rings. The highest BCUT2D eigenvalue weighted by Crippen LogP contribution is 2.28. The molecule has 4 N–H and O–H groups in total. The Bertz CT molecular complexity index is 710. The maximum atomic E-state index is 11.8. The van der Waals surface area contributed by atoms with Crippen molar-refractivity contribution in [2.24, 2.45) is 5.92 Å². The van der Waals surface area contributed by atoms with E-state index in [4.69, 9.17) is 35.4 Å². The van der Waals surface area contributed by atoms with E-state index in [9.17, 15) is 14.4 Å². The molecule has 0 saturated heterocycles. The summed E-state index contributed by atoms with van der Waals surface area (Å²) < 4.78 is 0. The second-order valence-electron chi connectivity index (χ2n) is 5.44. The molecule has 1 saturated carbocycles. The molecule has 0 heterocycles. The minimum absolute atomic E-state index is 0.0128. The van der Waals surface area contributed by atoms with Crippen LogP contribution in [0, 0.1) is 5.92 Å². The lowest BCUT2D eigenvalue weighted by molar-refractivity contribution is -0.124. The smallest absolute Gasteiger partial charge is 0.238 e. The topological polar surface area (TPSA) is 99.3 Å². The van der Waals surface area contributed by atoms with E-state index in [1.165, 1.54) is 6.07 Å². The van der Waals surface area contributed by atoms with E-state index in [1.807, 2.05) is 0 Å². The van der Waals surface area contributed by atoms with Crippen molar-refractivity contribution in [1.29, 1.82) is 0 Å². The summed E-state index contributed by atoms with van der Waals surface area (Å²) in [6, 6.07) is 4.67. The number of anilines is 1. The molecular weight excluding hydrogens is 387 g/mol. The van der Waals surface area contributed by atoms with E-state index in [0.717, 1.165) is 12.8 Å². The number of carbonyl (C=O) groups excluding carboxylic acids is 3. The third-order valence-corrected chi connectivity index (χ3v) is 4.04. The Morgan fingerprint density at radius 1 is 1.08 bits per heavy atom. The van der Waals surface area contributed by atoms with Crippen molar-refractivity contribution < 1.29 is 14.4 Å². The average Bonchev–Trinajstić information content (AvgIpc) is 3.38. The van der Waals surface area contributed by atoms with Crippen molar-refractivity contribution in [2.75, 3.05) is 5.32 Å². The molecule has 7 nitrogen and oxygen atoms in total. The minimum Gasteiger partial charge on any atom is -0.325 e. The SMILES string of the molecule is O=C(CCC(=O)Nc1ccc(Cl)cc1Cl)NNC(=S)NC(=O)C1CC1. The molecular formula is C15H16Cl2N4O3S. The van der Waals surface area contributed by atoms with Crippen LogP contribution in [-0.4, -0.2) is 22.8 Å². The first-order valence-corrected chi connectivity index (χ1v) is 8.66. The van der Waals surface area contributed by atoms with Gasteiger partial charge in [-0.25, -0.2) is 0 Å². The first-order chi connectivity index (χ1) is 11.8. The van der Waals surface area contributed by atoms with Gasteiger partial charge in [0.15, 0.2) is 5.11 Å². The minimum atomic E-state index is -0.444. The van der Waals surface area contributed by atoms with E-state index in [2.05, 4.69) is 21.5 Å². The summed E-state index contributed by atoms with van der Waals surface area (Å²) in [4.78, 5) is 35.0. The molecule has 0 aromatic heterocycles. The van der Waals surface area contributed by atoms with Crippen molar-refractivity contribution in [2.45, 2.75) is 25.7 Å². The largest absolute Gasteiger partial charge is 0.325 e. The number of nitrogens with one attached hydrogen (secondary N) is 4. The Labute approximate surface area is 159 Å². The fourth-order valence-electron chi connectivity index (χ4n) is 1.81. The standard InChI is InChI=1S/C15H16Cl2N4O3S/c16-9-3-4-11(10(17)7-9)18-12(22)5-6-13(23)20-21-15(25)19-14(24)8-1-2-8/h3-4,7-8H,1-2,5-6H2,(H,18,22)(H,20,23)(H2,19,21,24,25). The summed E-state index contributed by atoms with van der Waals surface area (Å²) >= 11 is 16.6. The van der Waals surface area contributed by atoms with Crippen LogP contribution in [0.15, 0.2) is 18.2 Å². The number of halogens is 2. The molecule has 0 spiro atoms. The summed E-state index contributed by atoms with van der Waals surface area (Å²) in [6.45, 7) is 0. The zero-order valence-electron chi connectivity index (χ0n) is 13.0. The van der Waals surface area contributed by atoms with Crippen LogP contribution in [0.5, 0.6) is 0 Å². The zero-order chi connectivity index (χ0) is 18.4. The molecule has 0 atom stereocenters. The molecule has 134 valence electrons. The maximum absolute atomic E-state index is 11.8. The van der Waals surface area contributed by atoms with Gasteiger partial charge in [-0.2, -0.15) is 0 Å². The van der Waals surface area contributed by atoms with Crippen molar-refractivity contribution >= 4 is 63.9 Å². The van der Waals surface area contributed by atoms with Crippen LogP contribution in [0.4, 0.5) is 5.69 Å². The Kier molecular flexibility index (Phi) is 6.98. The fourth-order valence-corrected chi connectivity index (χ4v) is 2.42. The molecule has 1 aromatic rings. The van der Waals surface area contributed by atoms with Gasteiger partial charge in [0, 0.05) is 23.8 Å². The van der Waals surface area contributed by atoms with Crippen molar-refractivity contribution in [3.63, 3.8) is 0 Å². The van der Waals surface area contributed by atoms with E-state index in [0.29, 0.717) is 15.7 Å². The second-order valence-corrected chi connectivity index (χ2v) is 6.69. The normalized spacial score (nSPS) is 12.9. The molecule has 25 heavy (non-hydrogen) atoms. The van der Waals surface area contributed by atoms with Gasteiger partial charge in [0.25, 0.3) is 0 Å². The van der Waals surface area contributed by atoms with Gasteiger partial charge in [0.2, 0.25) is 17.7 Å². The average molecular weight is 403 g/mol. The van der Waals surface area contributed by atoms with Crippen molar-refractivity contribution in [1.82, 2.24) is 16.2 Å². The summed E-state index contributed by atoms with van der Waals surface area (Å²) in [5.74, 6) is -0.964. The highest BCUT2D eigenvalue weighted by molar-refractivity contribution is 7.80. The molecule has 1 aliphatic carbocycles. The van der Waals surface area contributed by atoms with E-state index in [-0.39, 0.29) is 35.7 Å². The Balaban J connectivity index is 1.65. The quantitative estimate of drug-likeness (QED) is 0.446. The molecule has 0 radical (unpaired) electrons. The van der Waals surface area contributed by atoms with Crippen LogP contribution >= 0.6 is 35.4 Å². The van der Waals surface area contributed by atoms with Gasteiger partial charge in [-0.05, 0) is 43.3 Å². The Morgan fingerprint density at radius 2 is 1.76 bits per heavy atom. The number of thiocarbonyl (C=S) groups is 1. The number of carbonyl (C=O) groups is 3. The molecule has 3 amide bonds. The second kappa shape index (κ2) is 8.98. The monoisotopic (exact) mass is 402 g/mol. The number of benzene rings is 1. The van der Waals surface area contributed by atoms with Gasteiger partial charge in [-0.15, -0.1) is 0 Å². The van der Waals surface area contributed by atoms with Crippen molar-refractivity contribution in [3.05, 3.63) is 28.2 Å². The highest BCUT2D eigenvalue weighted by Gasteiger charge is 2.30. The predicted molar refractivity (Wildman–Crippen MR) is 99.1 cm³/mol. The van der Waals surface area contributed by atoms with Gasteiger partial charge < -0.3 is 10.6 Å². The summed E-state index contributed by atoms with van der Waals surface area (Å²) in [7, 11) is 0. The van der Waals surface area contributed by atoms with Crippen LogP contribution < -0.4 is 21.5 Å². The first-order valence-electron chi connectivity index (χ1n) is 7.49. The van der Waals surface area contributed by atoms with Gasteiger partial charge >= 0.3 is 0 Å². The van der Waals surface area contributed by atoms with Gasteiger partial charge in [-0.1, -0.05) is 23.2 Å². The predicted octanol–water partition coefficient (Wildman–Crippen LogP) is 2.14. The third-order valence-electron chi connectivity index (χ3n) is 3.28. The fraction of sp³-hybridized carbons (Fsp3) is 0.333. The summed E-state index contributed by atoms with van der Waals surface area (Å²) in [5, 5.41) is 5.84. The number of hydrogen-bond acceptors (Lipinski definition) is 4. The van der Waals surface area contributed by atoms with Crippen LogP contribution in [0.2, 0.25) is 10.0 Å². The number of amides is 3. The lowest BCUT2D eigenvalue weighted by Crippen LogP contribution is -2.48. The molecule has 1 aromatic carbocycles. The van der Waals surface area contributed by atoms with Crippen LogP contribution in [0.25, 0.3) is 0 Å². The molecule has 0 aliphatic heterocycles. The van der Waals surface area contributed by atoms with Gasteiger partial charge in [-0.3, -0.25) is 25.2 Å². The number of hydrogen-bond donors (Lipinski definition) is 4. The lowest BCUT2D eigenvalue weighted by atomic mass is 10.2. The molecule has 0 unspecified atom stereocenters. The lowest BCUT2D eigenvalue weighted by Gasteiger charge is -2.11. The Morgan fingerprint density at radius 3 is 2.40 bits per heavy atom. The first kappa shape index (κ1) is 19.4. The van der Waals surface area contributed by atoms with Gasteiger partial charge in [0.1, 0.15) is 0 Å². The van der Waals surface area contributed by atoms with Crippen LogP contribution in [0.1, 0.15) is 25.7 Å². The van der Waals surface area contributed by atoms with E-state index < -0.39 is 5.91 Å².